The molecule has 126 valence electrons. The molecular formula is C17H15ClO5S. The van der Waals surface area contributed by atoms with Crippen LogP contribution in [0.4, 0.5) is 0 Å². The molecule has 24 heavy (non-hydrogen) atoms. The van der Waals surface area contributed by atoms with E-state index in [0.717, 1.165) is 6.08 Å². The molecule has 2 aromatic carbocycles. The first-order valence-electron chi connectivity index (χ1n) is 6.91. The molecule has 5 nitrogen and oxygen atoms in total. The molecule has 1 N–H and O–H groups in total. The van der Waals surface area contributed by atoms with Crippen molar-refractivity contribution in [2.75, 3.05) is 0 Å². The van der Waals surface area contributed by atoms with Crippen LogP contribution < -0.4 is 4.18 Å². The summed E-state index contributed by atoms with van der Waals surface area (Å²) in [5.41, 5.74) is 1.80. The lowest BCUT2D eigenvalue weighted by atomic mass is 10.1. The van der Waals surface area contributed by atoms with Crippen LogP contribution in [0.1, 0.15) is 16.7 Å². The van der Waals surface area contributed by atoms with Crippen molar-refractivity contribution < 1.29 is 22.5 Å². The van der Waals surface area contributed by atoms with Crippen LogP contribution in [0.15, 0.2) is 47.4 Å². The third kappa shape index (κ3) is 4.37. The molecule has 0 bridgehead atoms. The molecule has 2 rings (SSSR count). The quantitative estimate of drug-likeness (QED) is 0.642. The summed E-state index contributed by atoms with van der Waals surface area (Å²) in [6.45, 7) is 3.38. The van der Waals surface area contributed by atoms with E-state index in [4.69, 9.17) is 20.9 Å². The van der Waals surface area contributed by atoms with E-state index < -0.39 is 16.1 Å². The Morgan fingerprint density at radius 1 is 1.12 bits per heavy atom. The number of halogens is 1. The second kappa shape index (κ2) is 7.07. The van der Waals surface area contributed by atoms with Gasteiger partial charge in [0.25, 0.3) is 0 Å². The first-order chi connectivity index (χ1) is 11.2. The SMILES string of the molecule is Cc1cc(/C=C/C(=O)O)cc(C)c1OS(=O)(=O)c1ccc(Cl)cc1. The number of hydrogen-bond donors (Lipinski definition) is 1. The average molecular weight is 367 g/mol. The number of hydrogen-bond acceptors (Lipinski definition) is 4. The van der Waals surface area contributed by atoms with Gasteiger partial charge in [0.15, 0.2) is 0 Å². The summed E-state index contributed by atoms with van der Waals surface area (Å²) in [5.74, 6) is -0.839. The number of benzene rings is 2. The average Bonchev–Trinajstić information content (AvgIpc) is 2.49. The third-order valence-corrected chi connectivity index (χ3v) is 4.68. The van der Waals surface area contributed by atoms with Crippen LogP contribution in [-0.4, -0.2) is 19.5 Å². The monoisotopic (exact) mass is 366 g/mol. The second-order valence-corrected chi connectivity index (χ2v) is 7.13. The number of aliphatic carboxylic acids is 1. The maximum atomic E-state index is 12.4. The fourth-order valence-electron chi connectivity index (χ4n) is 2.14. The highest BCUT2D eigenvalue weighted by atomic mass is 35.5. The summed E-state index contributed by atoms with van der Waals surface area (Å²) in [6.07, 6.45) is 2.44. The lowest BCUT2D eigenvalue weighted by molar-refractivity contribution is -0.131. The maximum absolute atomic E-state index is 12.4. The zero-order valence-electron chi connectivity index (χ0n) is 13.0. The van der Waals surface area contributed by atoms with Gasteiger partial charge in [-0.25, -0.2) is 4.79 Å². The Morgan fingerprint density at radius 3 is 2.17 bits per heavy atom. The molecular weight excluding hydrogens is 352 g/mol. The molecule has 0 aliphatic heterocycles. The normalized spacial score (nSPS) is 11.6. The van der Waals surface area contributed by atoms with Crippen molar-refractivity contribution in [3.05, 3.63) is 64.2 Å². The van der Waals surface area contributed by atoms with E-state index in [1.54, 1.807) is 26.0 Å². The Kier molecular flexibility index (Phi) is 5.31. The van der Waals surface area contributed by atoms with Crippen LogP contribution in [0.3, 0.4) is 0 Å². The topological polar surface area (TPSA) is 80.7 Å². The molecule has 0 aromatic heterocycles. The van der Waals surface area contributed by atoms with Gasteiger partial charge in [0, 0.05) is 11.1 Å². The molecule has 0 heterocycles. The Hall–Kier alpha value is -2.31. The minimum Gasteiger partial charge on any atom is -0.478 e. The Labute approximate surface area is 145 Å². The van der Waals surface area contributed by atoms with E-state index in [9.17, 15) is 13.2 Å². The van der Waals surface area contributed by atoms with Gasteiger partial charge in [-0.2, -0.15) is 8.42 Å². The number of aryl methyl sites for hydroxylation is 2. The lowest BCUT2D eigenvalue weighted by Gasteiger charge is -2.13. The summed E-state index contributed by atoms with van der Waals surface area (Å²) < 4.78 is 30.0. The predicted octanol–water partition coefficient (Wildman–Crippen LogP) is 3.82. The Morgan fingerprint density at radius 2 is 1.67 bits per heavy atom. The fraction of sp³-hybridized carbons (Fsp3) is 0.118. The van der Waals surface area contributed by atoms with Crippen molar-refractivity contribution in [2.24, 2.45) is 0 Å². The van der Waals surface area contributed by atoms with Crippen LogP contribution in [0.2, 0.25) is 5.02 Å². The standard InChI is InChI=1S/C17H15ClO5S/c1-11-9-13(3-8-16(19)20)10-12(2)17(11)23-24(21,22)15-6-4-14(18)5-7-15/h3-10H,1-2H3,(H,19,20)/b8-3+. The highest BCUT2D eigenvalue weighted by Gasteiger charge is 2.19. The molecule has 7 heteroatoms. The van der Waals surface area contributed by atoms with Crippen molar-refractivity contribution in [3.63, 3.8) is 0 Å². The summed E-state index contributed by atoms with van der Waals surface area (Å²) >= 11 is 5.76. The van der Waals surface area contributed by atoms with Crippen LogP contribution in [-0.2, 0) is 14.9 Å². The fourth-order valence-corrected chi connectivity index (χ4v) is 3.31. The van der Waals surface area contributed by atoms with Crippen molar-refractivity contribution in [1.29, 1.82) is 0 Å². The third-order valence-electron chi connectivity index (χ3n) is 3.20. The molecule has 0 aliphatic rings. The summed E-state index contributed by atoms with van der Waals surface area (Å²) in [6, 6.07) is 8.98. The molecule has 0 atom stereocenters. The minimum absolute atomic E-state index is 0.000509. The second-order valence-electron chi connectivity index (χ2n) is 5.15. The summed E-state index contributed by atoms with van der Waals surface area (Å²) in [7, 11) is -3.98. The lowest BCUT2D eigenvalue weighted by Crippen LogP contribution is -2.11. The maximum Gasteiger partial charge on any atom is 0.339 e. The van der Waals surface area contributed by atoms with E-state index in [2.05, 4.69) is 0 Å². The Bertz CT molecular complexity index is 876. The van der Waals surface area contributed by atoms with E-state index in [1.165, 1.54) is 30.3 Å². The highest BCUT2D eigenvalue weighted by molar-refractivity contribution is 7.87. The molecule has 0 saturated heterocycles. The summed E-state index contributed by atoms with van der Waals surface area (Å²) in [4.78, 5) is 10.6. The van der Waals surface area contributed by atoms with Gasteiger partial charge in [0.2, 0.25) is 0 Å². The van der Waals surface area contributed by atoms with E-state index in [-0.39, 0.29) is 10.6 Å². The van der Waals surface area contributed by atoms with E-state index in [1.807, 2.05) is 0 Å². The van der Waals surface area contributed by atoms with Crippen LogP contribution in [0.5, 0.6) is 5.75 Å². The van der Waals surface area contributed by atoms with Crippen molar-refractivity contribution in [3.8, 4) is 5.75 Å². The highest BCUT2D eigenvalue weighted by Crippen LogP contribution is 2.29. The van der Waals surface area contributed by atoms with Gasteiger partial charge in [-0.1, -0.05) is 11.6 Å². The van der Waals surface area contributed by atoms with Gasteiger partial charge < -0.3 is 9.29 Å². The molecule has 0 fully saturated rings. The molecule has 0 aliphatic carbocycles. The zero-order valence-corrected chi connectivity index (χ0v) is 14.6. The molecule has 0 spiro atoms. The van der Waals surface area contributed by atoms with Crippen molar-refractivity contribution in [1.82, 2.24) is 0 Å². The van der Waals surface area contributed by atoms with Crippen LogP contribution in [0.25, 0.3) is 6.08 Å². The van der Waals surface area contributed by atoms with Gasteiger partial charge in [-0.05, 0) is 73.0 Å². The largest absolute Gasteiger partial charge is 0.478 e. The number of carboxylic acid groups (broad SMARTS) is 1. The zero-order chi connectivity index (χ0) is 17.9. The minimum atomic E-state index is -3.98. The van der Waals surface area contributed by atoms with Crippen molar-refractivity contribution in [2.45, 2.75) is 18.7 Å². The van der Waals surface area contributed by atoms with E-state index in [0.29, 0.717) is 21.7 Å². The van der Waals surface area contributed by atoms with Crippen molar-refractivity contribution >= 4 is 33.8 Å². The van der Waals surface area contributed by atoms with Gasteiger partial charge in [0.05, 0.1) is 0 Å². The summed E-state index contributed by atoms with van der Waals surface area (Å²) in [5, 5.41) is 9.09. The first kappa shape index (κ1) is 18.0. The van der Waals surface area contributed by atoms with Gasteiger partial charge in [0.1, 0.15) is 10.6 Å². The first-order valence-corrected chi connectivity index (χ1v) is 8.70. The number of rotatable bonds is 5. The predicted molar refractivity (Wildman–Crippen MR) is 91.9 cm³/mol. The van der Waals surface area contributed by atoms with Gasteiger partial charge >= 0.3 is 16.1 Å². The molecule has 0 unspecified atom stereocenters. The number of carbonyl (C=O) groups is 1. The van der Waals surface area contributed by atoms with Gasteiger partial charge in [-0.15, -0.1) is 0 Å². The van der Waals surface area contributed by atoms with E-state index >= 15 is 0 Å². The molecule has 0 radical (unpaired) electrons. The molecule has 2 aromatic rings. The number of carboxylic acids is 1. The van der Waals surface area contributed by atoms with Crippen LogP contribution >= 0.6 is 11.6 Å². The van der Waals surface area contributed by atoms with Gasteiger partial charge in [-0.3, -0.25) is 0 Å². The van der Waals surface area contributed by atoms with Crippen LogP contribution in [0, 0.1) is 13.8 Å². The molecule has 0 saturated carbocycles. The Balaban J connectivity index is 2.36. The molecule has 0 amide bonds. The smallest absolute Gasteiger partial charge is 0.339 e.